The molecule has 8 nitrogen and oxygen atoms in total. The third-order valence-corrected chi connectivity index (χ3v) is 6.84. The third kappa shape index (κ3) is 4.84. The van der Waals surface area contributed by atoms with Crippen LogP contribution in [0.5, 0.6) is 0 Å². The fourth-order valence-corrected chi connectivity index (χ4v) is 4.99. The first-order valence-electron chi connectivity index (χ1n) is 10.8. The van der Waals surface area contributed by atoms with Gasteiger partial charge in [0.1, 0.15) is 0 Å². The molecule has 0 atom stereocenters. The first kappa shape index (κ1) is 23.2. The van der Waals surface area contributed by atoms with Gasteiger partial charge in [-0.2, -0.15) is 5.10 Å². The summed E-state index contributed by atoms with van der Waals surface area (Å²) in [6.45, 7) is 5.53. The Hall–Kier alpha value is -3.98. The fraction of sp³-hybridized carbons (Fsp3) is 0.160. The van der Waals surface area contributed by atoms with Crippen LogP contribution in [0.15, 0.2) is 78.0 Å². The number of amides is 1. The van der Waals surface area contributed by atoms with E-state index in [9.17, 15) is 13.2 Å². The minimum absolute atomic E-state index is 0.0895. The van der Waals surface area contributed by atoms with E-state index in [4.69, 9.17) is 0 Å². The quantitative estimate of drug-likeness (QED) is 0.409. The maximum absolute atomic E-state index is 13.1. The number of pyridine rings is 1. The van der Waals surface area contributed by atoms with E-state index in [2.05, 4.69) is 20.1 Å². The van der Waals surface area contributed by atoms with E-state index in [0.29, 0.717) is 40.4 Å². The largest absolute Gasteiger partial charge is 0.322 e. The molecule has 1 amide bonds. The molecule has 0 aliphatic heterocycles. The number of nitrogens with one attached hydrogen (secondary N) is 2. The molecule has 4 rings (SSSR count). The smallest absolute Gasteiger partial charge is 0.262 e. The molecule has 0 unspecified atom stereocenters. The summed E-state index contributed by atoms with van der Waals surface area (Å²) in [6, 6.07) is 17.4. The standard InChI is InChI=1S/C25H25N5O3S/c1-4-22-21(16-27-30(22)24-10-5-6-13-26-24)25(31)28-19-12-11-18(3)23(15-19)34(32,33)29-20-9-7-8-17(2)14-20/h5-16,29H,4H2,1-3H3,(H,28,31). The van der Waals surface area contributed by atoms with Crippen LogP contribution >= 0.6 is 0 Å². The number of sulfonamides is 1. The number of rotatable bonds is 7. The van der Waals surface area contributed by atoms with Gasteiger partial charge in [0.15, 0.2) is 5.82 Å². The van der Waals surface area contributed by atoms with Crippen LogP contribution in [-0.4, -0.2) is 29.1 Å². The van der Waals surface area contributed by atoms with Crippen molar-refractivity contribution in [2.45, 2.75) is 32.1 Å². The van der Waals surface area contributed by atoms with Crippen LogP contribution in [0.4, 0.5) is 11.4 Å². The van der Waals surface area contributed by atoms with Gasteiger partial charge in [0.25, 0.3) is 15.9 Å². The molecule has 0 bridgehead atoms. The normalized spacial score (nSPS) is 11.3. The fourth-order valence-electron chi connectivity index (χ4n) is 3.66. The first-order chi connectivity index (χ1) is 16.3. The van der Waals surface area contributed by atoms with Crippen molar-refractivity contribution < 1.29 is 13.2 Å². The van der Waals surface area contributed by atoms with Crippen molar-refractivity contribution in [1.29, 1.82) is 0 Å². The summed E-state index contributed by atoms with van der Waals surface area (Å²) in [6.07, 6.45) is 3.72. The van der Waals surface area contributed by atoms with E-state index in [1.807, 2.05) is 38.1 Å². The van der Waals surface area contributed by atoms with E-state index in [-0.39, 0.29) is 10.8 Å². The molecular weight excluding hydrogens is 450 g/mol. The van der Waals surface area contributed by atoms with Gasteiger partial charge in [-0.1, -0.05) is 31.2 Å². The molecule has 9 heteroatoms. The van der Waals surface area contributed by atoms with Crippen molar-refractivity contribution in [1.82, 2.24) is 14.8 Å². The molecule has 34 heavy (non-hydrogen) atoms. The second kappa shape index (κ2) is 9.48. The van der Waals surface area contributed by atoms with Crippen LogP contribution in [0.1, 0.15) is 34.1 Å². The van der Waals surface area contributed by atoms with Crippen LogP contribution in [0, 0.1) is 13.8 Å². The average Bonchev–Trinajstić information content (AvgIpc) is 3.25. The molecule has 2 aromatic heterocycles. The molecule has 0 radical (unpaired) electrons. The van der Waals surface area contributed by atoms with E-state index >= 15 is 0 Å². The minimum Gasteiger partial charge on any atom is -0.322 e. The molecule has 0 aliphatic carbocycles. The monoisotopic (exact) mass is 475 g/mol. The Morgan fingerprint density at radius 3 is 2.53 bits per heavy atom. The number of hydrogen-bond donors (Lipinski definition) is 2. The molecule has 2 N–H and O–H groups in total. The van der Waals surface area contributed by atoms with Crippen LogP contribution in [0.3, 0.4) is 0 Å². The lowest BCUT2D eigenvalue weighted by Gasteiger charge is -2.13. The average molecular weight is 476 g/mol. The van der Waals surface area contributed by atoms with Gasteiger partial charge in [-0.15, -0.1) is 0 Å². The summed E-state index contributed by atoms with van der Waals surface area (Å²) in [5.41, 5.74) is 3.45. The summed E-state index contributed by atoms with van der Waals surface area (Å²) >= 11 is 0. The molecule has 0 saturated carbocycles. The number of anilines is 2. The molecule has 0 saturated heterocycles. The first-order valence-corrected chi connectivity index (χ1v) is 12.3. The molecule has 174 valence electrons. The van der Waals surface area contributed by atoms with Gasteiger partial charge >= 0.3 is 0 Å². The predicted molar refractivity (Wildman–Crippen MR) is 132 cm³/mol. The van der Waals surface area contributed by atoms with Crippen molar-refractivity contribution in [3.63, 3.8) is 0 Å². The SMILES string of the molecule is CCc1c(C(=O)Nc2ccc(C)c(S(=O)(=O)Nc3cccc(C)c3)c2)cnn1-c1ccccn1. The molecule has 2 aromatic carbocycles. The highest BCUT2D eigenvalue weighted by molar-refractivity contribution is 7.92. The number of aromatic nitrogens is 3. The summed E-state index contributed by atoms with van der Waals surface area (Å²) in [5, 5.41) is 7.14. The Morgan fingerprint density at radius 1 is 1.00 bits per heavy atom. The van der Waals surface area contributed by atoms with Gasteiger partial charge in [0, 0.05) is 17.6 Å². The Kier molecular flexibility index (Phi) is 6.47. The predicted octanol–water partition coefficient (Wildman–Crippen LogP) is 4.50. The van der Waals surface area contributed by atoms with Gasteiger partial charge in [-0.05, 0) is 67.8 Å². The zero-order valence-corrected chi connectivity index (χ0v) is 19.9. The molecule has 4 aromatic rings. The summed E-state index contributed by atoms with van der Waals surface area (Å²) in [7, 11) is -3.85. The lowest BCUT2D eigenvalue weighted by atomic mass is 10.1. The lowest BCUT2D eigenvalue weighted by molar-refractivity contribution is 0.102. The Balaban J connectivity index is 1.60. The highest BCUT2D eigenvalue weighted by atomic mass is 32.2. The van der Waals surface area contributed by atoms with E-state index in [1.54, 1.807) is 48.1 Å². The van der Waals surface area contributed by atoms with Crippen molar-refractivity contribution in [3.8, 4) is 5.82 Å². The van der Waals surface area contributed by atoms with Gasteiger partial charge in [-0.25, -0.2) is 18.1 Å². The number of aryl methyl sites for hydroxylation is 2. The van der Waals surface area contributed by atoms with E-state index < -0.39 is 10.0 Å². The Labute approximate surface area is 198 Å². The number of carbonyl (C=O) groups is 1. The maximum atomic E-state index is 13.1. The van der Waals surface area contributed by atoms with E-state index in [0.717, 1.165) is 5.56 Å². The van der Waals surface area contributed by atoms with Gasteiger partial charge in [-0.3, -0.25) is 9.52 Å². The molecule has 0 spiro atoms. The van der Waals surface area contributed by atoms with Crippen molar-refractivity contribution in [2.75, 3.05) is 10.0 Å². The van der Waals surface area contributed by atoms with Crippen molar-refractivity contribution in [3.05, 3.63) is 95.4 Å². The molecular formula is C25H25N5O3S. The Bertz CT molecular complexity index is 1450. The molecule has 0 aliphatic rings. The number of carbonyl (C=O) groups excluding carboxylic acids is 1. The van der Waals surface area contributed by atoms with Crippen molar-refractivity contribution >= 4 is 27.3 Å². The highest BCUT2D eigenvalue weighted by Gasteiger charge is 2.21. The zero-order chi connectivity index (χ0) is 24.3. The summed E-state index contributed by atoms with van der Waals surface area (Å²) in [4.78, 5) is 17.4. The highest BCUT2D eigenvalue weighted by Crippen LogP contribution is 2.24. The molecule has 2 heterocycles. The number of nitrogens with zero attached hydrogens (tertiary/aromatic N) is 3. The molecule has 0 fully saturated rings. The summed E-state index contributed by atoms with van der Waals surface area (Å²) in [5.74, 6) is 0.238. The number of benzene rings is 2. The van der Waals surface area contributed by atoms with Crippen LogP contribution in [0.2, 0.25) is 0 Å². The van der Waals surface area contributed by atoms with Gasteiger partial charge in [0.2, 0.25) is 0 Å². The van der Waals surface area contributed by atoms with Crippen molar-refractivity contribution in [2.24, 2.45) is 0 Å². The second-order valence-electron chi connectivity index (χ2n) is 7.87. The zero-order valence-electron chi connectivity index (χ0n) is 19.1. The van der Waals surface area contributed by atoms with Crippen LogP contribution in [0.25, 0.3) is 5.82 Å². The second-order valence-corrected chi connectivity index (χ2v) is 9.52. The van der Waals surface area contributed by atoms with E-state index in [1.165, 1.54) is 12.3 Å². The minimum atomic E-state index is -3.85. The Morgan fingerprint density at radius 2 is 1.82 bits per heavy atom. The third-order valence-electron chi connectivity index (χ3n) is 5.32. The topological polar surface area (TPSA) is 106 Å². The van der Waals surface area contributed by atoms with Gasteiger partial charge in [0.05, 0.1) is 22.3 Å². The van der Waals surface area contributed by atoms with Gasteiger partial charge < -0.3 is 5.32 Å². The lowest BCUT2D eigenvalue weighted by Crippen LogP contribution is -2.17. The van der Waals surface area contributed by atoms with Crippen LogP contribution < -0.4 is 10.0 Å². The maximum Gasteiger partial charge on any atom is 0.262 e. The summed E-state index contributed by atoms with van der Waals surface area (Å²) < 4.78 is 30.4. The van der Waals surface area contributed by atoms with Crippen LogP contribution in [-0.2, 0) is 16.4 Å². The number of hydrogen-bond acceptors (Lipinski definition) is 5.